The first kappa shape index (κ1) is 25.1. The van der Waals surface area contributed by atoms with Crippen molar-refractivity contribution in [2.75, 3.05) is 32.8 Å². The number of rotatable bonds is 6. The van der Waals surface area contributed by atoms with Gasteiger partial charge in [-0.25, -0.2) is 8.42 Å². The second kappa shape index (κ2) is 7.74. The number of carbonyl (C=O) groups excluding carboxylic acids is 1. The molecule has 0 amide bonds. The van der Waals surface area contributed by atoms with Crippen LogP contribution in [0, 0.1) is 5.21 Å². The van der Waals surface area contributed by atoms with Gasteiger partial charge in [0.05, 0.1) is 6.61 Å². The SMILES string of the molecule is O=C1OCCC1N1CCN(S(=O)(=O)C(F)(F)S(=O)(=O)[NH+]([O-])S(=O)(=O)C(F)(F)F)CC1. The zero-order valence-electron chi connectivity index (χ0n) is 14.5. The Bertz CT molecular complexity index is 1000. The van der Waals surface area contributed by atoms with Gasteiger partial charge >= 0.3 is 46.1 Å². The monoisotopic (exact) mass is 511 g/mol. The van der Waals surface area contributed by atoms with Gasteiger partial charge in [0, 0.05) is 32.6 Å². The van der Waals surface area contributed by atoms with E-state index in [1.54, 1.807) is 0 Å². The topological polar surface area (TPSA) is 163 Å². The quantitative estimate of drug-likeness (QED) is 0.227. The normalized spacial score (nSPS) is 24.6. The lowest BCUT2D eigenvalue weighted by atomic mass is 10.2. The summed E-state index contributed by atoms with van der Waals surface area (Å²) >= 11 is 0. The van der Waals surface area contributed by atoms with Crippen LogP contribution in [-0.2, 0) is 39.6 Å². The first-order valence-electron chi connectivity index (χ1n) is 7.77. The predicted octanol–water partition coefficient (Wildman–Crippen LogP) is -2.64. The molecular formula is C10H14F5N3O9S3. The summed E-state index contributed by atoms with van der Waals surface area (Å²) in [4.78, 5) is 12.9. The van der Waals surface area contributed by atoms with Gasteiger partial charge in [0.25, 0.3) is 0 Å². The molecule has 2 atom stereocenters. The Kier molecular flexibility index (Phi) is 6.47. The van der Waals surface area contributed by atoms with Crippen molar-refractivity contribution in [2.24, 2.45) is 0 Å². The van der Waals surface area contributed by atoms with E-state index < -0.39 is 69.1 Å². The molecule has 2 fully saturated rings. The first-order chi connectivity index (χ1) is 13.4. The summed E-state index contributed by atoms with van der Waals surface area (Å²) in [5.41, 5.74) is -6.54. The molecule has 2 aliphatic rings. The van der Waals surface area contributed by atoms with E-state index in [1.165, 1.54) is 4.90 Å². The Morgan fingerprint density at radius 3 is 1.83 bits per heavy atom. The molecule has 0 spiro atoms. The minimum Gasteiger partial charge on any atom is -0.602 e. The lowest BCUT2D eigenvalue weighted by Crippen LogP contribution is -3.14. The maximum Gasteiger partial charge on any atom is 0.550 e. The van der Waals surface area contributed by atoms with Crippen molar-refractivity contribution in [2.45, 2.75) is 22.6 Å². The lowest BCUT2D eigenvalue weighted by molar-refractivity contribution is -0.558. The van der Waals surface area contributed by atoms with Gasteiger partial charge in [-0.05, 0) is 0 Å². The fourth-order valence-electron chi connectivity index (χ4n) is 2.70. The van der Waals surface area contributed by atoms with Gasteiger partial charge < -0.3 is 9.94 Å². The van der Waals surface area contributed by atoms with Crippen molar-refractivity contribution in [1.82, 2.24) is 9.21 Å². The smallest absolute Gasteiger partial charge is 0.550 e. The number of nitrogens with zero attached hydrogens (tertiary/aromatic N) is 2. The fraction of sp³-hybridized carbons (Fsp3) is 0.900. The molecule has 0 aliphatic carbocycles. The molecule has 0 radical (unpaired) electrons. The summed E-state index contributed by atoms with van der Waals surface area (Å²) in [7, 11) is -20.9. The van der Waals surface area contributed by atoms with E-state index >= 15 is 0 Å². The third kappa shape index (κ3) is 3.88. The zero-order valence-corrected chi connectivity index (χ0v) is 17.0. The second-order valence-corrected chi connectivity index (χ2v) is 12.3. The van der Waals surface area contributed by atoms with Crippen molar-refractivity contribution in [3.05, 3.63) is 5.21 Å². The average molecular weight is 511 g/mol. The molecule has 0 aromatic heterocycles. The number of carbonyl (C=O) groups is 1. The van der Waals surface area contributed by atoms with Crippen LogP contribution < -0.4 is 3.87 Å². The first-order valence-corrected chi connectivity index (χ1v) is 12.2. The van der Waals surface area contributed by atoms with Gasteiger partial charge in [-0.1, -0.05) is 0 Å². The summed E-state index contributed by atoms with van der Waals surface area (Å²) in [6.45, 7) is -2.23. The van der Waals surface area contributed by atoms with Crippen molar-refractivity contribution in [3.8, 4) is 0 Å². The Morgan fingerprint density at radius 1 is 0.933 bits per heavy atom. The number of cyclic esters (lactones) is 1. The highest BCUT2D eigenvalue weighted by molar-refractivity contribution is 8.08. The largest absolute Gasteiger partial charge is 0.602 e. The molecule has 0 saturated carbocycles. The van der Waals surface area contributed by atoms with Crippen LogP contribution in [0.3, 0.4) is 0 Å². The molecule has 2 heterocycles. The van der Waals surface area contributed by atoms with E-state index in [0.717, 1.165) is 0 Å². The number of quaternary nitrogens is 1. The zero-order chi connectivity index (χ0) is 23.3. The van der Waals surface area contributed by atoms with Crippen LogP contribution in [0.15, 0.2) is 0 Å². The van der Waals surface area contributed by atoms with Crippen LogP contribution in [0.5, 0.6) is 0 Å². The van der Waals surface area contributed by atoms with Crippen LogP contribution in [0.2, 0.25) is 0 Å². The van der Waals surface area contributed by atoms with Crippen molar-refractivity contribution in [1.29, 1.82) is 0 Å². The van der Waals surface area contributed by atoms with Crippen LogP contribution in [-0.4, -0.2) is 89.4 Å². The van der Waals surface area contributed by atoms with Gasteiger partial charge in [-0.15, -0.1) is 3.87 Å². The number of piperazine rings is 1. The van der Waals surface area contributed by atoms with Crippen molar-refractivity contribution >= 4 is 36.0 Å². The molecule has 1 N–H and O–H groups in total. The van der Waals surface area contributed by atoms with E-state index in [0.29, 0.717) is 0 Å². The van der Waals surface area contributed by atoms with E-state index in [1.807, 2.05) is 0 Å². The summed E-state index contributed by atoms with van der Waals surface area (Å²) in [5, 5.41) is 11.3. The molecule has 2 rings (SSSR count). The van der Waals surface area contributed by atoms with E-state index in [9.17, 15) is 57.2 Å². The predicted molar refractivity (Wildman–Crippen MR) is 84.6 cm³/mol. The third-order valence-corrected chi connectivity index (χ3v) is 10.7. The van der Waals surface area contributed by atoms with Crippen LogP contribution in [0.1, 0.15) is 6.42 Å². The van der Waals surface area contributed by atoms with E-state index in [4.69, 9.17) is 4.74 Å². The number of halogens is 5. The Hall–Kier alpha value is -1.19. The highest BCUT2D eigenvalue weighted by Gasteiger charge is 2.69. The number of alkyl halides is 5. The van der Waals surface area contributed by atoms with Gasteiger partial charge in [-0.2, -0.15) is 43.1 Å². The highest BCUT2D eigenvalue weighted by atomic mass is 32.3. The Morgan fingerprint density at radius 2 is 1.43 bits per heavy atom. The van der Waals surface area contributed by atoms with Crippen LogP contribution in [0.25, 0.3) is 0 Å². The van der Waals surface area contributed by atoms with Crippen LogP contribution >= 0.6 is 0 Å². The molecule has 0 aromatic carbocycles. The fourth-order valence-corrected chi connectivity index (χ4v) is 7.59. The molecule has 176 valence electrons. The number of ether oxygens (including phenoxy) is 1. The summed E-state index contributed by atoms with van der Waals surface area (Å²) in [5.74, 6) is -0.637. The van der Waals surface area contributed by atoms with Gasteiger partial charge in [0.15, 0.2) is 0 Å². The molecule has 0 bridgehead atoms. The van der Waals surface area contributed by atoms with Crippen molar-refractivity contribution in [3.63, 3.8) is 0 Å². The van der Waals surface area contributed by atoms with Gasteiger partial charge in [0.2, 0.25) is 0 Å². The van der Waals surface area contributed by atoms with Crippen LogP contribution in [0.4, 0.5) is 22.0 Å². The Labute approximate surface area is 166 Å². The molecule has 2 aliphatic heterocycles. The number of sulfonamides is 3. The number of esters is 1. The Balaban J connectivity index is 2.27. The molecular weight excluding hydrogens is 497 g/mol. The van der Waals surface area contributed by atoms with E-state index in [2.05, 4.69) is 0 Å². The standard InChI is InChI=1S/C10H14F5N3O9S3/c11-9(12,13)28(21,22)18(20)30(25,26)10(14,15)29(23,24)17-4-2-16(3-5-17)7-1-6-27-8(7)19/h7,18H,1-6H2. The molecule has 2 saturated heterocycles. The maximum absolute atomic E-state index is 14.2. The summed E-state index contributed by atoms with van der Waals surface area (Å²) in [6.07, 6.45) is 0.236. The highest BCUT2D eigenvalue weighted by Crippen LogP contribution is 2.32. The number of hydrogen-bond donors (Lipinski definition) is 1. The molecule has 0 aromatic rings. The van der Waals surface area contributed by atoms with Gasteiger partial charge in [0.1, 0.15) is 6.04 Å². The van der Waals surface area contributed by atoms with Gasteiger partial charge in [-0.3, -0.25) is 9.69 Å². The van der Waals surface area contributed by atoms with Crippen molar-refractivity contribution < 1.29 is 60.6 Å². The summed E-state index contributed by atoms with van der Waals surface area (Å²) < 4.78 is 129. The third-order valence-electron chi connectivity index (χ3n) is 4.32. The minimum atomic E-state index is -7.32. The molecule has 20 heteroatoms. The second-order valence-electron chi connectivity index (χ2n) is 6.08. The number of nitrogens with one attached hydrogen (secondary N) is 1. The average Bonchev–Trinajstić information content (AvgIpc) is 3.05. The maximum atomic E-state index is 14.2. The molecule has 12 nitrogen and oxygen atoms in total. The summed E-state index contributed by atoms with van der Waals surface area (Å²) in [6, 6.07) is -0.780. The number of hydrogen-bond acceptors (Lipinski definition) is 10. The van der Waals surface area contributed by atoms with E-state index in [-0.39, 0.29) is 30.4 Å². The molecule has 2 unspecified atom stereocenters. The lowest BCUT2D eigenvalue weighted by Gasteiger charge is -2.37. The minimum absolute atomic E-state index is 0.0775. The molecule has 30 heavy (non-hydrogen) atoms.